The van der Waals surface area contributed by atoms with E-state index < -0.39 is 89.4 Å². The summed E-state index contributed by atoms with van der Waals surface area (Å²) in [5.74, 6) is -7.45. The van der Waals surface area contributed by atoms with Crippen molar-refractivity contribution in [1.82, 2.24) is 4.90 Å². The van der Waals surface area contributed by atoms with E-state index >= 15 is 0 Å². The number of carbonyl (C=O) groups excluding carboxylic acids is 4. The Morgan fingerprint density at radius 3 is 2.16 bits per heavy atom. The summed E-state index contributed by atoms with van der Waals surface area (Å²) in [4.78, 5) is 56.5. The minimum Gasteiger partial charge on any atom is -0.459 e. The molecule has 3 rings (SSSR count). The summed E-state index contributed by atoms with van der Waals surface area (Å²) in [6.45, 7) is 12.8. The standard InChI is InChI=1S/C38H59NO12/c1-12-27-38(8,46)32(43)22(4)28(40)20(2)19-37(7,47-11)33(51-36-30(42)26(39(9)10)18-21(3)48-36)23(5)31(24(6)34(44)49-27)50-35(45)29(41)25-16-14-13-15-17-25/h13-17,20-24,26-27,30-33,36,42-43,46H,12,18-19H2,1-11H3/t20-,21-,22-,23+,24-,26+,27+,30-,31-,32-,33-,36+,37+,38-/m1/s1. The lowest BCUT2D eigenvalue weighted by atomic mass is 9.74. The third-order valence-corrected chi connectivity index (χ3v) is 10.9. The molecule has 0 spiro atoms. The molecule has 13 nitrogen and oxygen atoms in total. The fraction of sp³-hybridized carbons (Fsp3) is 0.737. The molecule has 0 aromatic heterocycles. The second-order valence-corrected chi connectivity index (χ2v) is 15.2. The number of Topliss-reactive ketones (excluding diaryl/α,β-unsaturated/α-hetero) is 2. The van der Waals surface area contributed by atoms with E-state index in [1.807, 2.05) is 25.9 Å². The molecule has 0 unspecified atom stereocenters. The Kier molecular flexibility index (Phi) is 14.5. The van der Waals surface area contributed by atoms with E-state index in [1.165, 1.54) is 40.0 Å². The number of rotatable bonds is 8. The van der Waals surface area contributed by atoms with E-state index in [4.69, 9.17) is 23.7 Å². The Balaban J connectivity index is 2.22. The lowest BCUT2D eigenvalue weighted by Gasteiger charge is -2.48. The number of cyclic esters (lactones) is 1. The van der Waals surface area contributed by atoms with Crippen LogP contribution in [0.3, 0.4) is 0 Å². The molecule has 13 heteroatoms. The number of hydrogen-bond donors (Lipinski definition) is 3. The maximum atomic E-state index is 14.0. The van der Waals surface area contributed by atoms with E-state index in [9.17, 15) is 34.5 Å². The molecule has 0 aliphatic carbocycles. The molecule has 0 amide bonds. The number of aliphatic hydroxyl groups excluding tert-OH is 2. The third-order valence-electron chi connectivity index (χ3n) is 10.9. The summed E-state index contributed by atoms with van der Waals surface area (Å²) in [5, 5.41) is 34.4. The molecule has 1 aromatic carbocycles. The average molecular weight is 722 g/mol. The van der Waals surface area contributed by atoms with Crippen molar-refractivity contribution in [2.24, 2.45) is 23.7 Å². The molecule has 2 saturated heterocycles. The van der Waals surface area contributed by atoms with Gasteiger partial charge in [-0.15, -0.1) is 0 Å². The van der Waals surface area contributed by atoms with Crippen molar-refractivity contribution in [3.05, 3.63) is 35.9 Å². The quantitative estimate of drug-likeness (QED) is 0.203. The van der Waals surface area contributed by atoms with Gasteiger partial charge in [-0.05, 0) is 61.1 Å². The SMILES string of the molecule is CC[C@@H]1OC(=O)[C@H](C)[C@H](OC(=O)C(=O)c2ccccc2)[C@H](C)[C@@H](O[C@@H]2O[C@H](C)C[C@H](N(C)C)[C@H]2O)[C@@](C)(OC)C[C@@H](C)C(=O)[C@@H](C)[C@@H](O)[C@]1(C)O. The number of ether oxygens (including phenoxy) is 5. The number of nitrogens with zero attached hydrogens (tertiary/aromatic N) is 1. The van der Waals surface area contributed by atoms with Crippen molar-refractivity contribution in [1.29, 1.82) is 0 Å². The first-order chi connectivity index (χ1) is 23.7. The van der Waals surface area contributed by atoms with Gasteiger partial charge in [-0.3, -0.25) is 14.4 Å². The maximum Gasteiger partial charge on any atom is 0.379 e. The van der Waals surface area contributed by atoms with Gasteiger partial charge in [0.15, 0.2) is 6.29 Å². The highest BCUT2D eigenvalue weighted by atomic mass is 16.7. The van der Waals surface area contributed by atoms with Gasteiger partial charge in [0.2, 0.25) is 0 Å². The molecule has 1 aromatic rings. The van der Waals surface area contributed by atoms with Gasteiger partial charge >= 0.3 is 11.9 Å². The predicted octanol–water partition coefficient (Wildman–Crippen LogP) is 2.95. The van der Waals surface area contributed by atoms with Crippen molar-refractivity contribution in [2.75, 3.05) is 21.2 Å². The number of aliphatic hydroxyl groups is 3. The molecule has 3 N–H and O–H groups in total. The summed E-state index contributed by atoms with van der Waals surface area (Å²) in [5.41, 5.74) is -3.32. The first-order valence-corrected chi connectivity index (χ1v) is 17.9. The van der Waals surface area contributed by atoms with E-state index in [1.54, 1.807) is 45.9 Å². The highest BCUT2D eigenvalue weighted by Crippen LogP contribution is 2.40. The normalized spacial score (nSPS) is 40.3. The summed E-state index contributed by atoms with van der Waals surface area (Å²) in [6, 6.07) is 7.49. The molecule has 0 saturated carbocycles. The monoisotopic (exact) mass is 721 g/mol. The topological polar surface area (TPSA) is 178 Å². The van der Waals surface area contributed by atoms with Crippen LogP contribution in [0.2, 0.25) is 0 Å². The van der Waals surface area contributed by atoms with Gasteiger partial charge < -0.3 is 43.9 Å². The number of likely N-dealkylation sites (N-methyl/N-ethyl adjacent to an activating group) is 1. The molecule has 14 atom stereocenters. The van der Waals surface area contributed by atoms with Crippen LogP contribution in [0.5, 0.6) is 0 Å². The minimum atomic E-state index is -2.03. The first-order valence-electron chi connectivity index (χ1n) is 17.9. The number of carbonyl (C=O) groups is 4. The number of hydrogen-bond acceptors (Lipinski definition) is 13. The lowest BCUT2D eigenvalue weighted by molar-refractivity contribution is -0.301. The van der Waals surface area contributed by atoms with E-state index in [0.29, 0.717) is 6.42 Å². The third kappa shape index (κ3) is 9.42. The number of ketones is 2. The number of methoxy groups -OCH3 is 1. The zero-order valence-electron chi connectivity index (χ0n) is 31.9. The molecular formula is C38H59NO12. The Labute approximate surface area is 301 Å². The summed E-state index contributed by atoms with van der Waals surface area (Å²) < 4.78 is 30.7. The molecule has 0 radical (unpaired) electrons. The van der Waals surface area contributed by atoms with Crippen LogP contribution in [0.15, 0.2) is 30.3 Å². The maximum absolute atomic E-state index is 14.0. The van der Waals surface area contributed by atoms with Crippen LogP contribution >= 0.6 is 0 Å². The minimum absolute atomic E-state index is 0.0195. The fourth-order valence-corrected chi connectivity index (χ4v) is 7.67. The van der Waals surface area contributed by atoms with Crippen LogP contribution in [-0.2, 0) is 38.1 Å². The molecule has 0 bridgehead atoms. The van der Waals surface area contributed by atoms with Crippen LogP contribution in [0, 0.1) is 23.7 Å². The summed E-state index contributed by atoms with van der Waals surface area (Å²) >= 11 is 0. The highest BCUT2D eigenvalue weighted by Gasteiger charge is 2.53. The van der Waals surface area contributed by atoms with Crippen molar-refractivity contribution in [2.45, 2.75) is 135 Å². The van der Waals surface area contributed by atoms with Gasteiger partial charge in [-0.25, -0.2) is 4.79 Å². The van der Waals surface area contributed by atoms with Crippen molar-refractivity contribution >= 4 is 23.5 Å². The molecule has 2 aliphatic heterocycles. The molecule has 51 heavy (non-hydrogen) atoms. The van der Waals surface area contributed by atoms with E-state index in [0.717, 1.165) is 0 Å². The number of esters is 2. The zero-order chi connectivity index (χ0) is 38.6. The molecule has 2 heterocycles. The fourth-order valence-electron chi connectivity index (χ4n) is 7.67. The Morgan fingerprint density at radius 1 is 1.00 bits per heavy atom. The molecule has 288 valence electrons. The Hall–Kier alpha value is -2.78. The van der Waals surface area contributed by atoms with Crippen LogP contribution in [0.4, 0.5) is 0 Å². The van der Waals surface area contributed by atoms with Crippen molar-refractivity contribution in [3.8, 4) is 0 Å². The molecule has 2 aliphatic rings. The molecule has 2 fully saturated rings. The first kappa shape index (κ1) is 42.6. The van der Waals surface area contributed by atoms with Gasteiger partial charge in [-0.1, -0.05) is 58.0 Å². The van der Waals surface area contributed by atoms with Gasteiger partial charge in [0.1, 0.15) is 29.7 Å². The zero-order valence-corrected chi connectivity index (χ0v) is 31.9. The predicted molar refractivity (Wildman–Crippen MR) is 186 cm³/mol. The second-order valence-electron chi connectivity index (χ2n) is 15.2. The largest absolute Gasteiger partial charge is 0.459 e. The van der Waals surface area contributed by atoms with Crippen LogP contribution < -0.4 is 0 Å². The number of benzene rings is 1. The highest BCUT2D eigenvalue weighted by molar-refractivity contribution is 6.40. The van der Waals surface area contributed by atoms with Crippen LogP contribution in [0.25, 0.3) is 0 Å². The Bertz CT molecular complexity index is 1350. The average Bonchev–Trinajstić information content (AvgIpc) is 3.10. The second kappa shape index (κ2) is 17.4. The summed E-state index contributed by atoms with van der Waals surface area (Å²) in [6.07, 6.45) is -7.39. The van der Waals surface area contributed by atoms with Crippen LogP contribution in [0.1, 0.15) is 85.0 Å². The van der Waals surface area contributed by atoms with E-state index in [-0.39, 0.29) is 36.3 Å². The Morgan fingerprint density at radius 2 is 1.61 bits per heavy atom. The van der Waals surface area contributed by atoms with E-state index in [2.05, 4.69) is 0 Å². The van der Waals surface area contributed by atoms with Crippen molar-refractivity contribution in [3.63, 3.8) is 0 Å². The molecular weight excluding hydrogens is 662 g/mol. The van der Waals surface area contributed by atoms with Gasteiger partial charge in [0, 0.05) is 36.5 Å². The summed E-state index contributed by atoms with van der Waals surface area (Å²) in [7, 11) is 5.10. The van der Waals surface area contributed by atoms with Gasteiger partial charge in [0.05, 0.1) is 29.8 Å². The smallest absolute Gasteiger partial charge is 0.379 e. The lowest BCUT2D eigenvalue weighted by Crippen LogP contribution is -2.60. The van der Waals surface area contributed by atoms with Gasteiger partial charge in [-0.2, -0.15) is 0 Å². The van der Waals surface area contributed by atoms with Gasteiger partial charge in [0.25, 0.3) is 5.78 Å². The van der Waals surface area contributed by atoms with Crippen LogP contribution in [-0.4, -0.2) is 125 Å². The van der Waals surface area contributed by atoms with Crippen molar-refractivity contribution < 1.29 is 58.2 Å².